The average molecular weight is 211 g/mol. The molecule has 0 unspecified atom stereocenters. The summed E-state index contributed by atoms with van der Waals surface area (Å²) in [6, 6.07) is 2.18. The lowest BCUT2D eigenvalue weighted by Crippen LogP contribution is -2.00. The third kappa shape index (κ3) is 2.64. The highest BCUT2D eigenvalue weighted by Gasteiger charge is 2.01. The van der Waals surface area contributed by atoms with Crippen LogP contribution in [0.4, 0.5) is 0 Å². The van der Waals surface area contributed by atoms with Crippen LogP contribution in [0.15, 0.2) is 34.5 Å². The summed E-state index contributed by atoms with van der Waals surface area (Å²) >= 11 is 3.54. The fourth-order valence-electron chi connectivity index (χ4n) is 1.01. The van der Waals surface area contributed by atoms with Crippen molar-refractivity contribution in [2.24, 2.45) is 0 Å². The zero-order valence-electron chi connectivity index (χ0n) is 7.83. The number of hydrogen-bond donors (Lipinski definition) is 1. The summed E-state index contributed by atoms with van der Waals surface area (Å²) in [5.74, 6) is 0. The van der Waals surface area contributed by atoms with Gasteiger partial charge in [-0.25, -0.2) is 0 Å². The first-order valence-corrected chi connectivity index (χ1v) is 6.09. The highest BCUT2D eigenvalue weighted by molar-refractivity contribution is 8.00. The minimum atomic E-state index is 1.12. The van der Waals surface area contributed by atoms with Gasteiger partial charge in [-0.05, 0) is 25.4 Å². The smallest absolute Gasteiger partial charge is 0.0602 e. The van der Waals surface area contributed by atoms with Crippen molar-refractivity contribution in [1.29, 1.82) is 0 Å². The summed E-state index contributed by atoms with van der Waals surface area (Å²) in [6.45, 7) is 5.66. The first kappa shape index (κ1) is 10.4. The maximum atomic E-state index is 3.65. The number of hydrogen-bond acceptors (Lipinski definition) is 3. The lowest BCUT2D eigenvalue weighted by atomic mass is 10.2. The molecule has 0 saturated carbocycles. The molecule has 13 heavy (non-hydrogen) atoms. The predicted octanol–water partition coefficient (Wildman–Crippen LogP) is 3.56. The van der Waals surface area contributed by atoms with Crippen LogP contribution < -0.4 is 5.32 Å². The van der Waals surface area contributed by atoms with Crippen LogP contribution in [0.3, 0.4) is 0 Å². The molecule has 0 aliphatic heterocycles. The van der Waals surface area contributed by atoms with Crippen molar-refractivity contribution in [2.75, 3.05) is 6.26 Å². The zero-order chi connectivity index (χ0) is 9.68. The standard InChI is InChI=1S/C10H13NS2/c1-4-9(11-5-2)8-6-10(12-3)13-7-8/h4-7,11H,2H2,1,3H3/b9-4-. The highest BCUT2D eigenvalue weighted by atomic mass is 32.2. The fraction of sp³-hybridized carbons (Fsp3) is 0.200. The molecule has 0 saturated heterocycles. The van der Waals surface area contributed by atoms with Crippen molar-refractivity contribution in [1.82, 2.24) is 5.32 Å². The molecule has 0 amide bonds. The molecule has 0 atom stereocenters. The molecule has 0 fully saturated rings. The summed E-state index contributed by atoms with van der Waals surface area (Å²) in [7, 11) is 0. The van der Waals surface area contributed by atoms with Gasteiger partial charge in [0.2, 0.25) is 0 Å². The van der Waals surface area contributed by atoms with E-state index in [-0.39, 0.29) is 0 Å². The lowest BCUT2D eigenvalue weighted by molar-refractivity contribution is 1.22. The van der Waals surface area contributed by atoms with Crippen molar-refractivity contribution in [3.8, 4) is 0 Å². The molecule has 0 aliphatic rings. The van der Waals surface area contributed by atoms with Crippen molar-refractivity contribution < 1.29 is 0 Å². The Morgan fingerprint density at radius 2 is 2.46 bits per heavy atom. The van der Waals surface area contributed by atoms with Gasteiger partial charge in [0.1, 0.15) is 0 Å². The molecule has 1 nitrogen and oxygen atoms in total. The molecule has 0 spiro atoms. The third-order valence-electron chi connectivity index (χ3n) is 1.63. The molecule has 1 aromatic heterocycles. The average Bonchev–Trinajstić information content (AvgIpc) is 2.62. The Morgan fingerprint density at radius 3 is 2.92 bits per heavy atom. The van der Waals surface area contributed by atoms with E-state index in [1.165, 1.54) is 9.77 Å². The van der Waals surface area contributed by atoms with Crippen molar-refractivity contribution >= 4 is 28.8 Å². The molecular formula is C10H13NS2. The topological polar surface area (TPSA) is 12.0 Å². The Labute approximate surface area is 87.6 Å². The molecule has 70 valence electrons. The molecule has 0 radical (unpaired) electrons. The third-order valence-corrected chi connectivity index (χ3v) is 3.66. The summed E-state index contributed by atoms with van der Waals surface area (Å²) in [6.07, 6.45) is 5.84. The molecule has 1 rings (SSSR count). The van der Waals surface area contributed by atoms with Crippen LogP contribution in [0.25, 0.3) is 5.70 Å². The van der Waals surface area contributed by atoms with Gasteiger partial charge in [0.05, 0.1) is 4.21 Å². The van der Waals surface area contributed by atoms with Crippen molar-refractivity contribution in [3.63, 3.8) is 0 Å². The molecule has 0 bridgehead atoms. The summed E-state index contributed by atoms with van der Waals surface area (Å²) in [4.78, 5) is 0. The molecule has 1 heterocycles. The maximum Gasteiger partial charge on any atom is 0.0602 e. The van der Waals surface area contributed by atoms with Gasteiger partial charge in [-0.1, -0.05) is 12.7 Å². The van der Waals surface area contributed by atoms with Crippen LogP contribution in [0.1, 0.15) is 12.5 Å². The van der Waals surface area contributed by atoms with Gasteiger partial charge in [-0.2, -0.15) is 0 Å². The van der Waals surface area contributed by atoms with Crippen LogP contribution >= 0.6 is 23.1 Å². The van der Waals surface area contributed by atoms with E-state index in [0.29, 0.717) is 0 Å². The van der Waals surface area contributed by atoms with Crippen LogP contribution in [0, 0.1) is 0 Å². The van der Waals surface area contributed by atoms with Crippen molar-refractivity contribution in [3.05, 3.63) is 35.9 Å². The van der Waals surface area contributed by atoms with Crippen LogP contribution in [-0.2, 0) is 0 Å². The number of thiophene rings is 1. The second-order valence-electron chi connectivity index (χ2n) is 2.41. The first-order chi connectivity index (χ1) is 6.31. The molecule has 0 aliphatic carbocycles. The second-order valence-corrected chi connectivity index (χ2v) is 4.43. The predicted molar refractivity (Wildman–Crippen MR) is 63.1 cm³/mol. The van der Waals surface area contributed by atoms with Gasteiger partial charge < -0.3 is 5.32 Å². The van der Waals surface area contributed by atoms with Gasteiger partial charge >= 0.3 is 0 Å². The van der Waals surface area contributed by atoms with Crippen LogP contribution in [0.5, 0.6) is 0 Å². The minimum Gasteiger partial charge on any atom is -0.362 e. The second kappa shape index (κ2) is 5.14. The Hall–Kier alpha value is -0.670. The van der Waals surface area contributed by atoms with Gasteiger partial charge in [-0.15, -0.1) is 23.1 Å². The van der Waals surface area contributed by atoms with Crippen LogP contribution in [0.2, 0.25) is 0 Å². The van der Waals surface area contributed by atoms with Gasteiger partial charge in [0.15, 0.2) is 0 Å². The minimum absolute atomic E-state index is 1.12. The van der Waals surface area contributed by atoms with Crippen molar-refractivity contribution in [2.45, 2.75) is 11.1 Å². The normalized spacial score (nSPS) is 11.4. The van der Waals surface area contributed by atoms with E-state index in [4.69, 9.17) is 0 Å². The SMILES string of the molecule is C=CN/C(=C\C)c1csc(SC)c1. The Balaban J connectivity index is 2.85. The first-order valence-electron chi connectivity index (χ1n) is 3.98. The number of nitrogens with one attached hydrogen (secondary N) is 1. The maximum absolute atomic E-state index is 3.65. The number of thioether (sulfide) groups is 1. The van der Waals surface area contributed by atoms with E-state index in [0.717, 1.165) is 5.70 Å². The Morgan fingerprint density at radius 1 is 1.69 bits per heavy atom. The molecule has 0 aromatic carbocycles. The fourth-order valence-corrected chi connectivity index (χ4v) is 2.42. The molecule has 1 aromatic rings. The monoisotopic (exact) mass is 211 g/mol. The van der Waals surface area contributed by atoms with E-state index in [1.54, 1.807) is 29.3 Å². The van der Waals surface area contributed by atoms with Gasteiger partial charge in [0.25, 0.3) is 0 Å². The number of allylic oxidation sites excluding steroid dienone is 1. The zero-order valence-corrected chi connectivity index (χ0v) is 9.47. The largest absolute Gasteiger partial charge is 0.362 e. The summed E-state index contributed by atoms with van der Waals surface area (Å²) in [5, 5.41) is 5.26. The highest BCUT2D eigenvalue weighted by Crippen LogP contribution is 2.27. The molecule has 3 heteroatoms. The van der Waals surface area contributed by atoms with E-state index in [9.17, 15) is 0 Å². The van der Waals surface area contributed by atoms with E-state index >= 15 is 0 Å². The quantitative estimate of drug-likeness (QED) is 0.764. The van der Waals surface area contributed by atoms with Crippen LogP contribution in [-0.4, -0.2) is 6.26 Å². The van der Waals surface area contributed by atoms with E-state index in [2.05, 4.69) is 29.6 Å². The van der Waals surface area contributed by atoms with E-state index in [1.807, 2.05) is 13.0 Å². The Bertz CT molecular complexity index is 312. The number of rotatable bonds is 4. The molecule has 1 N–H and O–H groups in total. The van der Waals surface area contributed by atoms with Gasteiger partial charge in [0, 0.05) is 16.6 Å². The van der Waals surface area contributed by atoms with E-state index < -0.39 is 0 Å². The summed E-state index contributed by atoms with van der Waals surface area (Å²) in [5.41, 5.74) is 2.35. The Kier molecular flexibility index (Phi) is 4.12. The molecular weight excluding hydrogens is 198 g/mol. The van der Waals surface area contributed by atoms with Gasteiger partial charge in [-0.3, -0.25) is 0 Å². The summed E-state index contributed by atoms with van der Waals surface area (Å²) < 4.78 is 1.33. The lowest BCUT2D eigenvalue weighted by Gasteiger charge is -2.02.